The third-order valence-electron chi connectivity index (χ3n) is 3.77. The Hall–Kier alpha value is -2.34. The Morgan fingerprint density at radius 2 is 1.62 bits per heavy atom. The van der Waals surface area contributed by atoms with E-state index in [1.807, 2.05) is 30.3 Å². The molecule has 128 valence electrons. The first-order valence-corrected chi connectivity index (χ1v) is 9.42. The zero-order valence-corrected chi connectivity index (χ0v) is 14.6. The van der Waals surface area contributed by atoms with Gasteiger partial charge in [0, 0.05) is 5.69 Å². The Bertz CT molecular complexity index is 785. The number of primary amides is 1. The highest BCUT2D eigenvalue weighted by Crippen LogP contribution is 2.21. The molecule has 0 aromatic heterocycles. The molecule has 0 aliphatic heterocycles. The quantitative estimate of drug-likeness (QED) is 0.806. The summed E-state index contributed by atoms with van der Waals surface area (Å²) < 4.78 is 23.9. The highest BCUT2D eigenvalue weighted by atomic mass is 32.2. The van der Waals surface area contributed by atoms with Crippen molar-refractivity contribution >= 4 is 21.4 Å². The monoisotopic (exact) mass is 346 g/mol. The van der Waals surface area contributed by atoms with Gasteiger partial charge in [0.15, 0.2) is 9.84 Å². The normalized spacial score (nSPS) is 12.8. The number of hydrogen-bond acceptors (Lipinski definition) is 4. The molecule has 0 aliphatic rings. The number of nitrogens with one attached hydrogen (secondary N) is 1. The van der Waals surface area contributed by atoms with E-state index in [9.17, 15) is 13.2 Å². The second-order valence-electron chi connectivity index (χ2n) is 5.94. The molecule has 3 N–H and O–H groups in total. The smallest absolute Gasteiger partial charge is 0.244 e. The van der Waals surface area contributed by atoms with Crippen LogP contribution >= 0.6 is 0 Å². The molecule has 0 heterocycles. The molecule has 0 unspecified atom stereocenters. The summed E-state index contributed by atoms with van der Waals surface area (Å²) >= 11 is 0. The fraction of sp³-hybridized carbons (Fsp3) is 0.278. The summed E-state index contributed by atoms with van der Waals surface area (Å²) in [7, 11) is -3.14. The van der Waals surface area contributed by atoms with Gasteiger partial charge in [0.05, 0.1) is 11.0 Å². The van der Waals surface area contributed by atoms with E-state index in [1.54, 1.807) is 38.1 Å². The van der Waals surface area contributed by atoms with Crippen molar-refractivity contribution in [3.63, 3.8) is 0 Å². The highest BCUT2D eigenvalue weighted by Gasteiger charge is 2.18. The maximum absolute atomic E-state index is 12.0. The summed E-state index contributed by atoms with van der Waals surface area (Å²) in [5.41, 5.74) is 7.67. The molecule has 0 saturated carbocycles. The maximum atomic E-state index is 12.0. The molecule has 0 radical (unpaired) electrons. The van der Waals surface area contributed by atoms with Gasteiger partial charge < -0.3 is 11.1 Å². The van der Waals surface area contributed by atoms with Crippen molar-refractivity contribution in [1.82, 2.24) is 0 Å². The number of hydrogen-bond donors (Lipinski definition) is 2. The second-order valence-corrected chi connectivity index (χ2v) is 8.50. The summed E-state index contributed by atoms with van der Waals surface area (Å²) in [5, 5.41) is 2.67. The summed E-state index contributed by atoms with van der Waals surface area (Å²) in [6.07, 6.45) is 0. The van der Waals surface area contributed by atoms with E-state index in [-0.39, 0.29) is 5.75 Å². The summed E-state index contributed by atoms with van der Waals surface area (Å²) in [6.45, 7) is 3.34. The lowest BCUT2D eigenvalue weighted by Crippen LogP contribution is -2.27. The first kappa shape index (κ1) is 18.0. The summed E-state index contributed by atoms with van der Waals surface area (Å²) in [6, 6.07) is 15.5. The number of sulfone groups is 1. The molecule has 2 rings (SSSR count). The van der Waals surface area contributed by atoms with Crippen LogP contribution in [0.3, 0.4) is 0 Å². The lowest BCUT2D eigenvalue weighted by Gasteiger charge is -2.17. The van der Waals surface area contributed by atoms with E-state index in [4.69, 9.17) is 5.73 Å². The predicted octanol–water partition coefficient (Wildman–Crippen LogP) is 2.65. The standard InChI is InChI=1S/C18H22N2O3S/c1-13(2)24(22,23)12-14-8-10-16(11-9-14)20-17(18(19)21)15-6-4-3-5-7-15/h3-11,13,17,20H,12H2,1-2H3,(H2,19,21)/t17-/m1/s1. The predicted molar refractivity (Wildman–Crippen MR) is 96.2 cm³/mol. The lowest BCUT2D eigenvalue weighted by molar-refractivity contribution is -0.118. The van der Waals surface area contributed by atoms with Crippen LogP contribution in [-0.2, 0) is 20.4 Å². The Morgan fingerprint density at radius 1 is 1.04 bits per heavy atom. The van der Waals surface area contributed by atoms with Crippen LogP contribution in [0.2, 0.25) is 0 Å². The zero-order valence-electron chi connectivity index (χ0n) is 13.8. The van der Waals surface area contributed by atoms with Gasteiger partial charge in [-0.25, -0.2) is 8.42 Å². The van der Waals surface area contributed by atoms with Crippen molar-refractivity contribution in [3.05, 3.63) is 65.7 Å². The number of nitrogens with two attached hydrogens (primary N) is 1. The van der Waals surface area contributed by atoms with E-state index in [2.05, 4.69) is 5.32 Å². The molecule has 0 fully saturated rings. The van der Waals surface area contributed by atoms with E-state index >= 15 is 0 Å². The van der Waals surface area contributed by atoms with Crippen LogP contribution in [0.1, 0.15) is 31.0 Å². The highest BCUT2D eigenvalue weighted by molar-refractivity contribution is 7.91. The molecular weight excluding hydrogens is 324 g/mol. The van der Waals surface area contributed by atoms with Gasteiger partial charge in [-0.05, 0) is 37.1 Å². The molecule has 5 nitrogen and oxygen atoms in total. The average Bonchev–Trinajstić information content (AvgIpc) is 2.54. The molecule has 6 heteroatoms. The van der Waals surface area contributed by atoms with Gasteiger partial charge in [-0.1, -0.05) is 42.5 Å². The Labute approximate surface area is 142 Å². The van der Waals surface area contributed by atoms with E-state index in [0.717, 1.165) is 5.56 Å². The molecule has 0 aliphatic carbocycles. The van der Waals surface area contributed by atoms with Gasteiger partial charge in [-0.15, -0.1) is 0 Å². The van der Waals surface area contributed by atoms with Gasteiger partial charge >= 0.3 is 0 Å². The Balaban J connectivity index is 2.14. The molecule has 1 amide bonds. The van der Waals surface area contributed by atoms with Gasteiger partial charge in [0.25, 0.3) is 0 Å². The minimum atomic E-state index is -3.14. The van der Waals surface area contributed by atoms with Gasteiger partial charge in [0.1, 0.15) is 6.04 Å². The van der Waals surface area contributed by atoms with Crippen molar-refractivity contribution in [3.8, 4) is 0 Å². The van der Waals surface area contributed by atoms with Crippen molar-refractivity contribution in [1.29, 1.82) is 0 Å². The Morgan fingerprint density at radius 3 is 2.12 bits per heavy atom. The molecule has 1 atom stereocenters. The van der Waals surface area contributed by atoms with Gasteiger partial charge in [-0.2, -0.15) is 0 Å². The first-order valence-electron chi connectivity index (χ1n) is 7.71. The fourth-order valence-electron chi connectivity index (χ4n) is 2.23. The van der Waals surface area contributed by atoms with Crippen molar-refractivity contribution in [2.24, 2.45) is 5.73 Å². The van der Waals surface area contributed by atoms with Crippen molar-refractivity contribution in [2.45, 2.75) is 30.9 Å². The molecular formula is C18H22N2O3S. The number of rotatable bonds is 7. The first-order chi connectivity index (χ1) is 11.3. The van der Waals surface area contributed by atoms with Gasteiger partial charge in [0.2, 0.25) is 5.91 Å². The summed E-state index contributed by atoms with van der Waals surface area (Å²) in [5.74, 6) is -0.476. The lowest BCUT2D eigenvalue weighted by atomic mass is 10.1. The fourth-order valence-corrected chi connectivity index (χ4v) is 3.22. The number of carbonyl (C=O) groups excluding carboxylic acids is 1. The van der Waals surface area contributed by atoms with Crippen LogP contribution in [-0.4, -0.2) is 19.6 Å². The number of carbonyl (C=O) groups is 1. The minimum Gasteiger partial charge on any atom is -0.370 e. The second kappa shape index (κ2) is 7.49. The van der Waals surface area contributed by atoms with Crippen LogP contribution in [0, 0.1) is 0 Å². The Kier molecular flexibility index (Phi) is 5.62. The number of anilines is 1. The minimum absolute atomic E-state index is 0.00286. The number of benzene rings is 2. The average molecular weight is 346 g/mol. The van der Waals surface area contributed by atoms with Crippen molar-refractivity contribution in [2.75, 3.05) is 5.32 Å². The molecule has 0 spiro atoms. The van der Waals surface area contributed by atoms with Crippen molar-refractivity contribution < 1.29 is 13.2 Å². The molecule has 2 aromatic rings. The van der Waals surface area contributed by atoms with Crippen LogP contribution in [0.25, 0.3) is 0 Å². The van der Waals surface area contributed by atoms with E-state index < -0.39 is 27.0 Å². The van der Waals surface area contributed by atoms with E-state index in [1.165, 1.54) is 0 Å². The third kappa shape index (κ3) is 4.58. The SMILES string of the molecule is CC(C)S(=O)(=O)Cc1ccc(N[C@@H](C(N)=O)c2ccccc2)cc1. The van der Waals surface area contributed by atoms with Crippen LogP contribution < -0.4 is 11.1 Å². The summed E-state index contributed by atoms with van der Waals surface area (Å²) in [4.78, 5) is 11.7. The van der Waals surface area contributed by atoms with Crippen LogP contribution in [0.5, 0.6) is 0 Å². The van der Waals surface area contributed by atoms with Crippen LogP contribution in [0.4, 0.5) is 5.69 Å². The third-order valence-corrected chi connectivity index (χ3v) is 5.94. The molecule has 0 saturated heterocycles. The zero-order chi connectivity index (χ0) is 17.7. The van der Waals surface area contributed by atoms with Crippen LogP contribution in [0.15, 0.2) is 54.6 Å². The number of amides is 1. The van der Waals surface area contributed by atoms with E-state index in [0.29, 0.717) is 11.3 Å². The molecule has 2 aromatic carbocycles. The maximum Gasteiger partial charge on any atom is 0.244 e. The largest absolute Gasteiger partial charge is 0.370 e. The molecule has 24 heavy (non-hydrogen) atoms. The van der Waals surface area contributed by atoms with Gasteiger partial charge in [-0.3, -0.25) is 4.79 Å². The molecule has 0 bridgehead atoms. The topological polar surface area (TPSA) is 89.3 Å².